The molecule has 0 unspecified atom stereocenters. The molecule has 0 saturated heterocycles. The molecular formula is C13H21ClFNO. The molecule has 98 valence electrons. The Hall–Kier alpha value is -0.800. The molecule has 1 rings (SSSR count). The van der Waals surface area contributed by atoms with Crippen molar-refractivity contribution in [2.45, 2.75) is 38.6 Å². The maximum Gasteiger partial charge on any atom is 0.165 e. The molecule has 1 aromatic carbocycles. The van der Waals surface area contributed by atoms with Crippen LogP contribution < -0.4 is 10.5 Å². The van der Waals surface area contributed by atoms with Crippen molar-refractivity contribution >= 4 is 12.4 Å². The van der Waals surface area contributed by atoms with Gasteiger partial charge in [0.2, 0.25) is 0 Å². The van der Waals surface area contributed by atoms with Crippen LogP contribution in [0.15, 0.2) is 18.2 Å². The summed E-state index contributed by atoms with van der Waals surface area (Å²) in [4.78, 5) is 0. The van der Waals surface area contributed by atoms with Crippen LogP contribution in [0.4, 0.5) is 4.39 Å². The molecule has 2 N–H and O–H groups in total. The highest BCUT2D eigenvalue weighted by Crippen LogP contribution is 2.29. The second kappa shape index (κ2) is 8.31. The van der Waals surface area contributed by atoms with E-state index in [2.05, 4.69) is 6.92 Å². The number of unbranched alkanes of at least 4 members (excludes halogenated alkanes) is 2. The molecule has 0 aliphatic carbocycles. The van der Waals surface area contributed by atoms with Gasteiger partial charge < -0.3 is 10.5 Å². The minimum absolute atomic E-state index is 0. The third-order valence-corrected chi connectivity index (χ3v) is 2.72. The van der Waals surface area contributed by atoms with Crippen molar-refractivity contribution in [1.82, 2.24) is 0 Å². The lowest BCUT2D eigenvalue weighted by atomic mass is 10.0. The van der Waals surface area contributed by atoms with Crippen molar-refractivity contribution in [1.29, 1.82) is 0 Å². The Morgan fingerprint density at radius 1 is 1.35 bits per heavy atom. The van der Waals surface area contributed by atoms with Crippen molar-refractivity contribution in [3.8, 4) is 5.75 Å². The monoisotopic (exact) mass is 261 g/mol. The van der Waals surface area contributed by atoms with Crippen LogP contribution in [-0.2, 0) is 0 Å². The van der Waals surface area contributed by atoms with Crippen molar-refractivity contribution in [2.75, 3.05) is 7.11 Å². The molecule has 1 aromatic rings. The van der Waals surface area contributed by atoms with Crippen LogP contribution in [0.3, 0.4) is 0 Å². The van der Waals surface area contributed by atoms with Gasteiger partial charge in [-0.15, -0.1) is 12.4 Å². The molecule has 1 atom stereocenters. The number of nitrogens with two attached hydrogens (primary N) is 1. The second-order valence-corrected chi connectivity index (χ2v) is 3.96. The summed E-state index contributed by atoms with van der Waals surface area (Å²) in [7, 11) is 1.47. The molecule has 0 spiro atoms. The fraction of sp³-hybridized carbons (Fsp3) is 0.538. The molecule has 17 heavy (non-hydrogen) atoms. The van der Waals surface area contributed by atoms with Gasteiger partial charge in [-0.2, -0.15) is 0 Å². The van der Waals surface area contributed by atoms with Crippen LogP contribution >= 0.6 is 12.4 Å². The predicted octanol–water partition coefficient (Wildman–Crippen LogP) is 3.84. The van der Waals surface area contributed by atoms with Gasteiger partial charge in [0.15, 0.2) is 11.6 Å². The summed E-state index contributed by atoms with van der Waals surface area (Å²) in [6, 6.07) is 4.75. The number of benzene rings is 1. The summed E-state index contributed by atoms with van der Waals surface area (Å²) in [5, 5.41) is 0. The first kappa shape index (κ1) is 16.2. The highest BCUT2D eigenvalue weighted by molar-refractivity contribution is 5.85. The van der Waals surface area contributed by atoms with Crippen molar-refractivity contribution in [2.24, 2.45) is 5.73 Å². The average molecular weight is 262 g/mol. The number of halogens is 2. The molecular weight excluding hydrogens is 241 g/mol. The third-order valence-electron chi connectivity index (χ3n) is 2.72. The molecule has 0 bridgehead atoms. The van der Waals surface area contributed by atoms with Gasteiger partial charge in [-0.1, -0.05) is 38.3 Å². The lowest BCUT2D eigenvalue weighted by Gasteiger charge is -2.15. The maximum atomic E-state index is 13.4. The molecule has 0 aromatic heterocycles. The van der Waals surface area contributed by atoms with E-state index in [1.54, 1.807) is 6.07 Å². The smallest absolute Gasteiger partial charge is 0.165 e. The number of ether oxygens (including phenoxy) is 1. The third kappa shape index (κ3) is 4.52. The van der Waals surface area contributed by atoms with Gasteiger partial charge in [-0.05, 0) is 12.5 Å². The van der Waals surface area contributed by atoms with Gasteiger partial charge in [0.1, 0.15) is 0 Å². The van der Waals surface area contributed by atoms with E-state index in [0.717, 1.165) is 31.2 Å². The Kier molecular flexibility index (Phi) is 7.92. The largest absolute Gasteiger partial charge is 0.493 e. The Morgan fingerprint density at radius 2 is 2.06 bits per heavy atom. The van der Waals surface area contributed by atoms with Gasteiger partial charge in [-0.3, -0.25) is 0 Å². The highest BCUT2D eigenvalue weighted by atomic mass is 35.5. The van der Waals surface area contributed by atoms with Crippen LogP contribution in [0.25, 0.3) is 0 Å². The number of hydrogen-bond donors (Lipinski definition) is 1. The van der Waals surface area contributed by atoms with E-state index in [-0.39, 0.29) is 30.0 Å². The van der Waals surface area contributed by atoms with Gasteiger partial charge in [0, 0.05) is 11.6 Å². The Morgan fingerprint density at radius 3 is 2.65 bits per heavy atom. The van der Waals surface area contributed by atoms with E-state index in [0.29, 0.717) is 0 Å². The van der Waals surface area contributed by atoms with E-state index < -0.39 is 0 Å². The Labute approximate surface area is 109 Å². The molecule has 0 fully saturated rings. The maximum absolute atomic E-state index is 13.4. The highest BCUT2D eigenvalue weighted by Gasteiger charge is 2.14. The first-order chi connectivity index (χ1) is 7.70. The lowest BCUT2D eigenvalue weighted by Crippen LogP contribution is -2.12. The summed E-state index contributed by atoms with van der Waals surface area (Å²) in [6.07, 6.45) is 4.25. The fourth-order valence-corrected chi connectivity index (χ4v) is 1.80. The summed E-state index contributed by atoms with van der Waals surface area (Å²) < 4.78 is 18.5. The normalized spacial score (nSPS) is 11.8. The molecule has 0 aliphatic rings. The van der Waals surface area contributed by atoms with Crippen LogP contribution in [0.1, 0.15) is 44.2 Å². The zero-order valence-electron chi connectivity index (χ0n) is 10.4. The summed E-state index contributed by atoms with van der Waals surface area (Å²) in [6.45, 7) is 2.15. The minimum atomic E-state index is -0.342. The summed E-state index contributed by atoms with van der Waals surface area (Å²) >= 11 is 0. The predicted molar refractivity (Wildman–Crippen MR) is 71.3 cm³/mol. The van der Waals surface area contributed by atoms with E-state index in [9.17, 15) is 4.39 Å². The van der Waals surface area contributed by atoms with Crippen LogP contribution in [0, 0.1) is 5.82 Å². The van der Waals surface area contributed by atoms with Crippen molar-refractivity contribution < 1.29 is 9.13 Å². The van der Waals surface area contributed by atoms with Crippen molar-refractivity contribution in [3.63, 3.8) is 0 Å². The molecule has 0 aliphatic heterocycles. The van der Waals surface area contributed by atoms with Gasteiger partial charge in [0.25, 0.3) is 0 Å². The number of rotatable bonds is 6. The van der Waals surface area contributed by atoms with E-state index in [1.807, 2.05) is 6.07 Å². The molecule has 0 saturated carbocycles. The molecule has 2 nitrogen and oxygen atoms in total. The standard InChI is InChI=1S/C13H20FNO.ClH/c1-3-4-5-9-12(15)10-7-6-8-11(14)13(10)16-2;/h6-8,12H,3-5,9,15H2,1-2H3;1H/t12-;/m1./s1. The van der Waals surface area contributed by atoms with Crippen molar-refractivity contribution in [3.05, 3.63) is 29.6 Å². The average Bonchev–Trinajstić information content (AvgIpc) is 2.29. The van der Waals surface area contributed by atoms with Crippen LogP contribution in [0.5, 0.6) is 5.75 Å². The Balaban J connectivity index is 0.00000256. The van der Waals surface area contributed by atoms with Gasteiger partial charge >= 0.3 is 0 Å². The molecule has 0 radical (unpaired) electrons. The van der Waals surface area contributed by atoms with E-state index in [1.165, 1.54) is 13.2 Å². The van der Waals surface area contributed by atoms with Gasteiger partial charge in [-0.25, -0.2) is 4.39 Å². The quantitative estimate of drug-likeness (QED) is 0.790. The zero-order valence-corrected chi connectivity index (χ0v) is 11.2. The van der Waals surface area contributed by atoms with E-state index >= 15 is 0 Å². The number of para-hydroxylation sites is 1. The van der Waals surface area contributed by atoms with E-state index in [4.69, 9.17) is 10.5 Å². The lowest BCUT2D eigenvalue weighted by molar-refractivity contribution is 0.376. The topological polar surface area (TPSA) is 35.2 Å². The van der Waals surface area contributed by atoms with Gasteiger partial charge in [0.05, 0.1) is 7.11 Å². The summed E-state index contributed by atoms with van der Waals surface area (Å²) in [5.41, 5.74) is 6.80. The minimum Gasteiger partial charge on any atom is -0.493 e. The first-order valence-electron chi connectivity index (χ1n) is 5.78. The molecule has 0 heterocycles. The first-order valence-corrected chi connectivity index (χ1v) is 5.78. The molecule has 0 amide bonds. The second-order valence-electron chi connectivity index (χ2n) is 3.96. The summed E-state index contributed by atoms with van der Waals surface area (Å²) in [5.74, 6) is -0.0579. The number of hydrogen-bond acceptors (Lipinski definition) is 2. The van der Waals surface area contributed by atoms with Crippen LogP contribution in [-0.4, -0.2) is 7.11 Å². The fourth-order valence-electron chi connectivity index (χ4n) is 1.80. The molecule has 4 heteroatoms. The van der Waals surface area contributed by atoms with Crippen LogP contribution in [0.2, 0.25) is 0 Å². The zero-order chi connectivity index (χ0) is 12.0. The Bertz CT molecular complexity index is 333. The SMILES string of the molecule is CCCCC[C@@H](N)c1cccc(F)c1OC.Cl. The number of methoxy groups -OCH3 is 1.